The number of guanidine groups is 1. The van der Waals surface area contributed by atoms with Gasteiger partial charge in [0.15, 0.2) is 5.96 Å². The summed E-state index contributed by atoms with van der Waals surface area (Å²) < 4.78 is 5.62. The van der Waals surface area contributed by atoms with E-state index < -0.39 is 0 Å². The fraction of sp³-hybridized carbons (Fsp3) is 0.708. The van der Waals surface area contributed by atoms with E-state index in [-0.39, 0.29) is 5.54 Å². The smallest absolute Gasteiger partial charge is 0.191 e. The predicted molar refractivity (Wildman–Crippen MR) is 125 cm³/mol. The molecule has 30 heavy (non-hydrogen) atoms. The minimum absolute atomic E-state index is 0.242. The topological polar surface area (TPSA) is 52.1 Å². The van der Waals surface area contributed by atoms with Gasteiger partial charge in [0.25, 0.3) is 0 Å². The Morgan fingerprint density at radius 2 is 1.70 bits per heavy atom. The molecule has 1 aliphatic heterocycles. The maximum absolute atomic E-state index is 5.62. The van der Waals surface area contributed by atoms with E-state index >= 15 is 0 Å². The van der Waals surface area contributed by atoms with E-state index in [4.69, 9.17) is 9.73 Å². The monoisotopic (exact) mass is 415 g/mol. The predicted octanol–water partition coefficient (Wildman–Crippen LogP) is 2.84. The maximum Gasteiger partial charge on any atom is 0.191 e. The van der Waals surface area contributed by atoms with Crippen LogP contribution in [0.25, 0.3) is 0 Å². The molecule has 0 bridgehead atoms. The van der Waals surface area contributed by atoms with E-state index in [0.29, 0.717) is 6.54 Å². The van der Waals surface area contributed by atoms with Gasteiger partial charge in [-0.15, -0.1) is 0 Å². The molecule has 0 aromatic heterocycles. The zero-order valence-corrected chi connectivity index (χ0v) is 19.3. The van der Waals surface area contributed by atoms with Crippen LogP contribution in [0.5, 0.6) is 0 Å². The third-order valence-electron chi connectivity index (χ3n) is 6.34. The zero-order chi connectivity index (χ0) is 21.2. The van der Waals surface area contributed by atoms with E-state index in [9.17, 15) is 0 Å². The highest BCUT2D eigenvalue weighted by Gasteiger charge is 2.38. The van der Waals surface area contributed by atoms with Crippen LogP contribution in [-0.4, -0.2) is 74.8 Å². The molecule has 3 rings (SSSR count). The van der Waals surface area contributed by atoms with E-state index in [1.165, 1.54) is 43.2 Å². The van der Waals surface area contributed by atoms with Crippen molar-refractivity contribution in [2.75, 3.05) is 53.5 Å². The molecule has 1 aliphatic carbocycles. The molecule has 1 heterocycles. The molecular weight excluding hydrogens is 374 g/mol. The van der Waals surface area contributed by atoms with E-state index in [1.54, 1.807) is 0 Å². The first-order chi connectivity index (χ1) is 14.6. The van der Waals surface area contributed by atoms with Crippen molar-refractivity contribution in [2.45, 2.75) is 57.7 Å². The Morgan fingerprint density at radius 1 is 1.03 bits per heavy atom. The second-order valence-electron chi connectivity index (χ2n) is 8.99. The van der Waals surface area contributed by atoms with Crippen molar-refractivity contribution in [1.29, 1.82) is 0 Å². The number of hydrogen-bond acceptors (Lipinski definition) is 4. The van der Waals surface area contributed by atoms with Crippen LogP contribution in [0.1, 0.15) is 50.2 Å². The zero-order valence-electron chi connectivity index (χ0n) is 19.3. The molecule has 1 aromatic rings. The second kappa shape index (κ2) is 11.7. The number of hydrogen-bond donors (Lipinski definition) is 2. The van der Waals surface area contributed by atoms with Gasteiger partial charge in [-0.2, -0.15) is 0 Å². The fourth-order valence-electron chi connectivity index (χ4n) is 4.73. The molecular formula is C24H41N5O. The largest absolute Gasteiger partial charge is 0.379 e. The van der Waals surface area contributed by atoms with E-state index in [2.05, 4.69) is 65.7 Å². The van der Waals surface area contributed by atoms with E-state index in [0.717, 1.165) is 51.9 Å². The van der Waals surface area contributed by atoms with Gasteiger partial charge < -0.3 is 20.3 Å². The average Bonchev–Trinajstić information content (AvgIpc) is 2.77. The van der Waals surface area contributed by atoms with Gasteiger partial charge >= 0.3 is 0 Å². The first kappa shape index (κ1) is 23.0. The van der Waals surface area contributed by atoms with Crippen LogP contribution in [0, 0.1) is 0 Å². The number of nitrogens with one attached hydrogen (secondary N) is 2. The number of morpholine rings is 1. The molecule has 0 amide bonds. The van der Waals surface area contributed by atoms with Gasteiger partial charge in [0.2, 0.25) is 0 Å². The Hall–Kier alpha value is -1.63. The lowest BCUT2D eigenvalue weighted by molar-refractivity contribution is -0.0352. The van der Waals surface area contributed by atoms with Crippen LogP contribution in [0.15, 0.2) is 29.3 Å². The molecule has 1 aromatic carbocycles. The molecule has 0 atom stereocenters. The highest BCUT2D eigenvalue weighted by Crippen LogP contribution is 2.33. The van der Waals surface area contributed by atoms with Gasteiger partial charge in [0.05, 0.1) is 19.8 Å². The lowest BCUT2D eigenvalue weighted by atomic mass is 9.80. The summed E-state index contributed by atoms with van der Waals surface area (Å²) in [5, 5.41) is 7.13. The fourth-order valence-corrected chi connectivity index (χ4v) is 4.73. The Labute approximate surface area is 183 Å². The standard InChI is InChI=1S/C24H41N5O/c1-4-25-23(26-18-21-8-10-22(11-9-21)19-28(2)3)27-20-24(12-6-5-7-13-24)29-14-16-30-17-15-29/h8-11H,4-7,12-20H2,1-3H3,(H2,25,26,27). The summed E-state index contributed by atoms with van der Waals surface area (Å²) in [5.74, 6) is 0.924. The third-order valence-corrected chi connectivity index (χ3v) is 6.34. The minimum atomic E-state index is 0.242. The molecule has 2 fully saturated rings. The van der Waals surface area contributed by atoms with Crippen LogP contribution >= 0.6 is 0 Å². The summed E-state index contributed by atoms with van der Waals surface area (Å²) in [6.45, 7) is 9.45. The Balaban J connectivity index is 1.61. The summed E-state index contributed by atoms with van der Waals surface area (Å²) in [4.78, 5) is 9.74. The van der Waals surface area contributed by atoms with Crippen molar-refractivity contribution in [1.82, 2.24) is 20.4 Å². The summed E-state index contributed by atoms with van der Waals surface area (Å²) in [7, 11) is 4.20. The number of nitrogens with zero attached hydrogens (tertiary/aromatic N) is 3. The first-order valence-corrected chi connectivity index (χ1v) is 11.7. The molecule has 2 aliphatic rings. The maximum atomic E-state index is 5.62. The van der Waals surface area contributed by atoms with Gasteiger partial charge in [-0.1, -0.05) is 43.5 Å². The summed E-state index contributed by atoms with van der Waals surface area (Å²) in [6, 6.07) is 8.81. The lowest BCUT2D eigenvalue weighted by Crippen LogP contribution is -2.60. The molecule has 0 unspecified atom stereocenters. The minimum Gasteiger partial charge on any atom is -0.379 e. The summed E-state index contributed by atoms with van der Waals surface area (Å²) >= 11 is 0. The molecule has 1 saturated carbocycles. The van der Waals surface area contributed by atoms with Crippen LogP contribution < -0.4 is 10.6 Å². The van der Waals surface area contributed by atoms with Gasteiger partial charge in [-0.25, -0.2) is 4.99 Å². The van der Waals surface area contributed by atoms with Crippen LogP contribution in [0.4, 0.5) is 0 Å². The average molecular weight is 416 g/mol. The molecule has 1 saturated heterocycles. The van der Waals surface area contributed by atoms with Gasteiger partial charge in [-0.3, -0.25) is 4.90 Å². The van der Waals surface area contributed by atoms with Crippen molar-refractivity contribution >= 4 is 5.96 Å². The molecule has 2 N–H and O–H groups in total. The molecule has 0 radical (unpaired) electrons. The van der Waals surface area contributed by atoms with Crippen molar-refractivity contribution in [3.05, 3.63) is 35.4 Å². The molecule has 168 valence electrons. The Morgan fingerprint density at radius 3 is 2.33 bits per heavy atom. The Bertz CT molecular complexity index is 646. The quantitative estimate of drug-likeness (QED) is 0.505. The van der Waals surface area contributed by atoms with Gasteiger partial charge in [0.1, 0.15) is 0 Å². The number of rotatable bonds is 8. The highest BCUT2D eigenvalue weighted by atomic mass is 16.5. The van der Waals surface area contributed by atoms with Crippen LogP contribution in [0.2, 0.25) is 0 Å². The van der Waals surface area contributed by atoms with Crippen molar-refractivity contribution < 1.29 is 4.74 Å². The second-order valence-corrected chi connectivity index (χ2v) is 8.99. The van der Waals surface area contributed by atoms with Crippen molar-refractivity contribution in [3.63, 3.8) is 0 Å². The van der Waals surface area contributed by atoms with Crippen molar-refractivity contribution in [2.24, 2.45) is 4.99 Å². The van der Waals surface area contributed by atoms with Crippen LogP contribution in [0.3, 0.4) is 0 Å². The highest BCUT2D eigenvalue weighted by molar-refractivity contribution is 5.79. The summed E-state index contributed by atoms with van der Waals surface area (Å²) in [6.07, 6.45) is 6.56. The number of benzene rings is 1. The SMILES string of the molecule is CCNC(=NCc1ccc(CN(C)C)cc1)NCC1(N2CCOCC2)CCCCC1. The van der Waals surface area contributed by atoms with Gasteiger partial charge in [-0.05, 0) is 45.0 Å². The number of aliphatic imine (C=N–C) groups is 1. The lowest BCUT2D eigenvalue weighted by Gasteiger charge is -2.48. The van der Waals surface area contributed by atoms with Gasteiger partial charge in [0, 0.05) is 38.3 Å². The number of ether oxygens (including phenoxy) is 1. The molecule has 6 nitrogen and oxygen atoms in total. The Kier molecular flexibility index (Phi) is 8.97. The molecule has 6 heteroatoms. The summed E-state index contributed by atoms with van der Waals surface area (Å²) in [5.41, 5.74) is 2.82. The molecule has 0 spiro atoms. The normalized spacial score (nSPS) is 20.3. The first-order valence-electron chi connectivity index (χ1n) is 11.7. The van der Waals surface area contributed by atoms with Crippen molar-refractivity contribution in [3.8, 4) is 0 Å². The third kappa shape index (κ3) is 6.69. The van der Waals surface area contributed by atoms with Crippen LogP contribution in [-0.2, 0) is 17.8 Å². The van der Waals surface area contributed by atoms with E-state index in [1.807, 2.05) is 0 Å².